The highest BCUT2D eigenvalue weighted by molar-refractivity contribution is 6.15. The fourth-order valence-electron chi connectivity index (χ4n) is 2.06. The third-order valence-corrected chi connectivity index (χ3v) is 3.18. The Kier molecular flexibility index (Phi) is 8.80. The van der Waals surface area contributed by atoms with Crippen molar-refractivity contribution in [3.8, 4) is 0 Å². The van der Waals surface area contributed by atoms with Gasteiger partial charge in [-0.05, 0) is 17.7 Å². The standard InChI is InChI=1S/C15H11FN4O3.CH3Cl.CH3F/c16-10-3-1-9(2-4-10)8-17-14(21)11-7-12(15(22)23)20-13(19-11)5-6-18-20;2*1-2/h1-7H,8H2,(H,17,21)(H,22,23);2*1H3. The summed E-state index contributed by atoms with van der Waals surface area (Å²) in [5, 5.41) is 15.6. The molecule has 3 rings (SSSR count). The molecule has 0 unspecified atom stereocenters. The number of carbonyl (C=O) groups excluding carboxylic acids is 1. The summed E-state index contributed by atoms with van der Waals surface area (Å²) in [6, 6.07) is 8.34. The molecule has 0 bridgehead atoms. The summed E-state index contributed by atoms with van der Waals surface area (Å²) in [7, 11) is 0.500. The Morgan fingerprint density at radius 1 is 1.19 bits per heavy atom. The minimum Gasteiger partial charge on any atom is -0.477 e. The third kappa shape index (κ3) is 5.71. The largest absolute Gasteiger partial charge is 0.477 e. The first-order valence-electron chi connectivity index (χ1n) is 7.41. The molecule has 2 N–H and O–H groups in total. The van der Waals surface area contributed by atoms with Crippen LogP contribution in [-0.4, -0.2) is 45.1 Å². The van der Waals surface area contributed by atoms with Gasteiger partial charge in [-0.25, -0.2) is 18.7 Å². The number of benzene rings is 1. The van der Waals surface area contributed by atoms with E-state index in [9.17, 15) is 23.5 Å². The molecule has 0 aliphatic carbocycles. The third-order valence-electron chi connectivity index (χ3n) is 3.18. The first kappa shape index (κ1) is 22.0. The summed E-state index contributed by atoms with van der Waals surface area (Å²) in [4.78, 5) is 27.5. The van der Waals surface area contributed by atoms with Crippen LogP contribution in [0.2, 0.25) is 0 Å². The van der Waals surface area contributed by atoms with Gasteiger partial charge in [0.25, 0.3) is 5.91 Å². The maximum absolute atomic E-state index is 12.8. The van der Waals surface area contributed by atoms with Crippen LogP contribution in [0.15, 0.2) is 42.6 Å². The van der Waals surface area contributed by atoms with Crippen molar-refractivity contribution in [2.45, 2.75) is 6.54 Å². The predicted octanol–water partition coefficient (Wildman–Crippen LogP) is 2.94. The van der Waals surface area contributed by atoms with Gasteiger partial charge >= 0.3 is 5.97 Å². The van der Waals surface area contributed by atoms with Crippen LogP contribution >= 0.6 is 11.6 Å². The van der Waals surface area contributed by atoms with Gasteiger partial charge in [-0.15, -0.1) is 11.6 Å². The van der Waals surface area contributed by atoms with Gasteiger partial charge < -0.3 is 10.4 Å². The molecule has 10 heteroatoms. The number of rotatable bonds is 4. The lowest BCUT2D eigenvalue weighted by Crippen LogP contribution is -2.25. The van der Waals surface area contributed by atoms with Crippen LogP contribution in [0.3, 0.4) is 0 Å². The van der Waals surface area contributed by atoms with Crippen molar-refractivity contribution in [3.05, 3.63) is 65.4 Å². The Hall–Kier alpha value is -3.07. The molecule has 0 saturated heterocycles. The van der Waals surface area contributed by atoms with Crippen LogP contribution in [0.5, 0.6) is 0 Å². The number of carboxylic acid groups (broad SMARTS) is 1. The summed E-state index contributed by atoms with van der Waals surface area (Å²) in [6.45, 7) is 0.174. The summed E-state index contributed by atoms with van der Waals surface area (Å²) in [5.41, 5.74) is 0.782. The SMILES string of the molecule is CCl.CF.O=C(NCc1ccc(F)cc1)c1cc(C(=O)O)n2nccc2n1. The number of carbonyl (C=O) groups is 2. The second-order valence-electron chi connectivity index (χ2n) is 4.74. The van der Waals surface area contributed by atoms with Gasteiger partial charge in [-0.1, -0.05) is 12.1 Å². The first-order valence-corrected chi connectivity index (χ1v) is 8.16. The van der Waals surface area contributed by atoms with E-state index in [0.717, 1.165) is 10.6 Å². The van der Waals surface area contributed by atoms with Crippen molar-refractivity contribution in [2.24, 2.45) is 0 Å². The Balaban J connectivity index is 0.000000855. The van der Waals surface area contributed by atoms with Crippen molar-refractivity contribution in [1.29, 1.82) is 0 Å². The number of fused-ring (bicyclic) bond motifs is 1. The summed E-state index contributed by atoms with van der Waals surface area (Å²) in [6.07, 6.45) is 2.87. The van der Waals surface area contributed by atoms with Crippen molar-refractivity contribution < 1.29 is 23.5 Å². The zero-order chi connectivity index (χ0) is 20.4. The second kappa shape index (κ2) is 10.8. The van der Waals surface area contributed by atoms with Crippen molar-refractivity contribution in [2.75, 3.05) is 13.6 Å². The molecule has 0 aliphatic rings. The number of hydrogen-bond acceptors (Lipinski definition) is 4. The number of nitrogens with zero attached hydrogens (tertiary/aromatic N) is 3. The van der Waals surface area contributed by atoms with Gasteiger partial charge in [0.15, 0.2) is 11.3 Å². The van der Waals surface area contributed by atoms with E-state index < -0.39 is 11.9 Å². The molecule has 144 valence electrons. The van der Waals surface area contributed by atoms with Crippen molar-refractivity contribution >= 4 is 29.1 Å². The topological polar surface area (TPSA) is 96.6 Å². The summed E-state index contributed by atoms with van der Waals surface area (Å²) >= 11 is 4.64. The summed E-state index contributed by atoms with van der Waals surface area (Å²) < 4.78 is 23.5. The average Bonchev–Trinajstić information content (AvgIpc) is 3.18. The van der Waals surface area contributed by atoms with Gasteiger partial charge in [-0.2, -0.15) is 5.10 Å². The lowest BCUT2D eigenvalue weighted by atomic mass is 10.2. The number of nitrogens with one attached hydrogen (secondary N) is 1. The smallest absolute Gasteiger partial charge is 0.354 e. The quantitative estimate of drug-likeness (QED) is 0.659. The van der Waals surface area contributed by atoms with Gasteiger partial charge in [0.05, 0.1) is 13.4 Å². The zero-order valence-electron chi connectivity index (χ0n) is 14.5. The van der Waals surface area contributed by atoms with Crippen LogP contribution in [0, 0.1) is 5.82 Å². The van der Waals surface area contributed by atoms with Crippen LogP contribution < -0.4 is 5.32 Å². The van der Waals surface area contributed by atoms with Crippen LogP contribution in [0.25, 0.3) is 5.65 Å². The molecule has 0 atom stereocenters. The molecule has 0 radical (unpaired) electrons. The fourth-order valence-corrected chi connectivity index (χ4v) is 2.06. The second-order valence-corrected chi connectivity index (χ2v) is 4.74. The molecule has 2 heterocycles. The van der Waals surface area contributed by atoms with Gasteiger partial charge in [0.1, 0.15) is 11.5 Å². The zero-order valence-corrected chi connectivity index (χ0v) is 15.2. The predicted molar refractivity (Wildman–Crippen MR) is 96.3 cm³/mol. The Bertz CT molecular complexity index is 901. The number of carboxylic acids is 1. The van der Waals surface area contributed by atoms with Gasteiger partial charge in [0.2, 0.25) is 0 Å². The van der Waals surface area contributed by atoms with Crippen LogP contribution in [0.4, 0.5) is 8.78 Å². The number of amides is 1. The minimum absolute atomic E-state index is 0.0301. The molecule has 0 saturated carbocycles. The fraction of sp³-hybridized carbons (Fsp3) is 0.176. The van der Waals surface area contributed by atoms with E-state index in [1.54, 1.807) is 12.1 Å². The number of hydrogen-bond donors (Lipinski definition) is 2. The molecule has 27 heavy (non-hydrogen) atoms. The Morgan fingerprint density at radius 3 is 2.41 bits per heavy atom. The minimum atomic E-state index is -1.21. The lowest BCUT2D eigenvalue weighted by molar-refractivity contribution is 0.0687. The molecule has 1 aromatic carbocycles. The highest BCUT2D eigenvalue weighted by Gasteiger charge is 2.16. The normalized spacial score (nSPS) is 9.52. The maximum atomic E-state index is 12.8. The molecule has 0 fully saturated rings. The highest BCUT2D eigenvalue weighted by Crippen LogP contribution is 2.08. The number of aromatic carboxylic acids is 1. The molecule has 0 aliphatic heterocycles. The first-order chi connectivity index (χ1) is 13.0. The van der Waals surface area contributed by atoms with Crippen LogP contribution in [0.1, 0.15) is 26.5 Å². The van der Waals surface area contributed by atoms with E-state index in [0.29, 0.717) is 12.7 Å². The number of alkyl halides is 2. The average molecular weight is 399 g/mol. The molecule has 0 spiro atoms. The number of aromatic nitrogens is 3. The molecular formula is C17H17ClF2N4O3. The van der Waals surface area contributed by atoms with E-state index in [2.05, 4.69) is 27.0 Å². The van der Waals surface area contributed by atoms with E-state index in [-0.39, 0.29) is 29.4 Å². The Labute approximate surface area is 158 Å². The van der Waals surface area contributed by atoms with E-state index in [1.807, 2.05) is 0 Å². The highest BCUT2D eigenvalue weighted by atomic mass is 35.5. The summed E-state index contributed by atoms with van der Waals surface area (Å²) in [5.74, 6) is -2.10. The molecule has 3 aromatic rings. The molecule has 1 amide bonds. The van der Waals surface area contributed by atoms with E-state index in [4.69, 9.17) is 0 Å². The lowest BCUT2D eigenvalue weighted by Gasteiger charge is -2.07. The molecular weight excluding hydrogens is 382 g/mol. The van der Waals surface area contributed by atoms with Crippen molar-refractivity contribution in [3.63, 3.8) is 0 Å². The number of halogens is 3. The maximum Gasteiger partial charge on any atom is 0.354 e. The van der Waals surface area contributed by atoms with Gasteiger partial charge in [0, 0.05) is 25.1 Å². The van der Waals surface area contributed by atoms with E-state index in [1.165, 1.54) is 30.8 Å². The molecule has 2 aromatic heterocycles. The monoisotopic (exact) mass is 398 g/mol. The van der Waals surface area contributed by atoms with Crippen molar-refractivity contribution in [1.82, 2.24) is 19.9 Å². The van der Waals surface area contributed by atoms with E-state index >= 15 is 0 Å². The van der Waals surface area contributed by atoms with Gasteiger partial charge in [-0.3, -0.25) is 9.18 Å². The Morgan fingerprint density at radius 2 is 1.81 bits per heavy atom. The molecule has 7 nitrogen and oxygen atoms in total. The van der Waals surface area contributed by atoms with Crippen LogP contribution in [-0.2, 0) is 6.54 Å².